The lowest BCUT2D eigenvalue weighted by molar-refractivity contribution is 0.282. The predicted molar refractivity (Wildman–Crippen MR) is 79.6 cm³/mol. The van der Waals surface area contributed by atoms with E-state index in [9.17, 15) is 12.8 Å². The Kier molecular flexibility index (Phi) is 4.73. The Morgan fingerprint density at radius 1 is 1.10 bits per heavy atom. The molecule has 2 N–H and O–H groups in total. The number of benzene rings is 2. The monoisotopic (exact) mass is 349 g/mol. The van der Waals surface area contributed by atoms with Gasteiger partial charge in [-0.05, 0) is 35.9 Å². The molecule has 8 heteroatoms. The highest BCUT2D eigenvalue weighted by Gasteiger charge is 2.17. The molecule has 0 fully saturated rings. The van der Waals surface area contributed by atoms with Crippen LogP contribution in [0.5, 0.6) is 0 Å². The van der Waals surface area contributed by atoms with Gasteiger partial charge in [-0.3, -0.25) is 4.72 Å². The van der Waals surface area contributed by atoms with Gasteiger partial charge in [0.2, 0.25) is 0 Å². The molecule has 0 saturated carbocycles. The summed E-state index contributed by atoms with van der Waals surface area (Å²) in [5, 5.41) is 9.19. The highest BCUT2D eigenvalue weighted by atomic mass is 35.5. The molecular formula is C13H10Cl2FNO3S. The third-order valence-electron chi connectivity index (χ3n) is 2.68. The summed E-state index contributed by atoms with van der Waals surface area (Å²) in [6.07, 6.45) is 0. The lowest BCUT2D eigenvalue weighted by Crippen LogP contribution is -2.13. The van der Waals surface area contributed by atoms with Crippen molar-refractivity contribution in [1.82, 2.24) is 0 Å². The zero-order chi connectivity index (χ0) is 15.6. The molecule has 0 heterocycles. The second-order valence-corrected chi connectivity index (χ2v) is 6.64. The maximum atomic E-state index is 13.1. The second-order valence-electron chi connectivity index (χ2n) is 4.14. The van der Waals surface area contributed by atoms with E-state index in [0.717, 1.165) is 12.1 Å². The normalized spacial score (nSPS) is 11.4. The van der Waals surface area contributed by atoms with Crippen LogP contribution in [0.3, 0.4) is 0 Å². The standard InChI is InChI=1S/C13H10Cl2FNO3S/c14-11-4-2-9(16)5-13(11)17-21(19,20)10-3-1-8(7-18)12(15)6-10/h1-6,17-18H,7H2. The van der Waals surface area contributed by atoms with Crippen LogP contribution in [0.2, 0.25) is 10.0 Å². The van der Waals surface area contributed by atoms with Gasteiger partial charge in [-0.2, -0.15) is 0 Å². The van der Waals surface area contributed by atoms with Crippen LogP contribution in [0.1, 0.15) is 5.56 Å². The van der Waals surface area contributed by atoms with E-state index in [1.807, 2.05) is 0 Å². The zero-order valence-corrected chi connectivity index (χ0v) is 12.8. The SMILES string of the molecule is O=S(=O)(Nc1cc(F)ccc1Cl)c1ccc(CO)c(Cl)c1. The molecule has 0 atom stereocenters. The highest BCUT2D eigenvalue weighted by Crippen LogP contribution is 2.27. The van der Waals surface area contributed by atoms with Gasteiger partial charge in [0.15, 0.2) is 0 Å². The molecule has 2 rings (SSSR count). The van der Waals surface area contributed by atoms with Crippen molar-refractivity contribution < 1.29 is 17.9 Å². The zero-order valence-electron chi connectivity index (χ0n) is 10.5. The second kappa shape index (κ2) is 6.19. The number of rotatable bonds is 4. The van der Waals surface area contributed by atoms with Crippen molar-refractivity contribution in [2.45, 2.75) is 11.5 Å². The molecule has 0 aliphatic rings. The van der Waals surface area contributed by atoms with Crippen LogP contribution in [0.15, 0.2) is 41.3 Å². The molecule has 0 spiro atoms. The van der Waals surface area contributed by atoms with E-state index in [0.29, 0.717) is 5.56 Å². The maximum absolute atomic E-state index is 13.1. The van der Waals surface area contributed by atoms with Gasteiger partial charge in [-0.1, -0.05) is 29.3 Å². The number of aliphatic hydroxyl groups excluding tert-OH is 1. The molecule has 0 unspecified atom stereocenters. The Balaban J connectivity index is 2.38. The van der Waals surface area contributed by atoms with Crippen molar-refractivity contribution in [3.8, 4) is 0 Å². The fraction of sp³-hybridized carbons (Fsp3) is 0.0769. The fourth-order valence-corrected chi connectivity index (χ4v) is 3.23. The van der Waals surface area contributed by atoms with E-state index in [4.69, 9.17) is 28.3 Å². The van der Waals surface area contributed by atoms with E-state index >= 15 is 0 Å². The molecule has 0 bridgehead atoms. The first-order valence-electron chi connectivity index (χ1n) is 5.70. The van der Waals surface area contributed by atoms with Crippen LogP contribution < -0.4 is 4.72 Å². The summed E-state index contributed by atoms with van der Waals surface area (Å²) in [5.74, 6) is -0.620. The lowest BCUT2D eigenvalue weighted by atomic mass is 10.2. The molecule has 2 aromatic carbocycles. The van der Waals surface area contributed by atoms with Crippen LogP contribution >= 0.6 is 23.2 Å². The van der Waals surface area contributed by atoms with Gasteiger partial charge in [0.25, 0.3) is 10.0 Å². The number of aliphatic hydroxyl groups is 1. The van der Waals surface area contributed by atoms with Gasteiger partial charge in [-0.15, -0.1) is 0 Å². The molecule has 4 nitrogen and oxygen atoms in total. The van der Waals surface area contributed by atoms with Crippen molar-refractivity contribution >= 4 is 38.9 Å². The fourth-order valence-electron chi connectivity index (χ4n) is 1.60. The largest absolute Gasteiger partial charge is 0.392 e. The third-order valence-corrected chi connectivity index (χ3v) is 4.72. The Hall–Kier alpha value is -1.34. The van der Waals surface area contributed by atoms with Gasteiger partial charge < -0.3 is 5.11 Å². The van der Waals surface area contributed by atoms with E-state index in [1.165, 1.54) is 24.3 Å². The van der Waals surface area contributed by atoms with Gasteiger partial charge in [0, 0.05) is 5.02 Å². The number of nitrogens with one attached hydrogen (secondary N) is 1. The molecule has 0 aliphatic heterocycles. The van der Waals surface area contributed by atoms with Crippen molar-refractivity contribution in [1.29, 1.82) is 0 Å². The van der Waals surface area contributed by atoms with E-state index in [2.05, 4.69) is 4.72 Å². The average molecular weight is 350 g/mol. The van der Waals surface area contributed by atoms with Crippen molar-refractivity contribution in [3.05, 3.63) is 57.8 Å². The Morgan fingerprint density at radius 3 is 2.43 bits per heavy atom. The van der Waals surface area contributed by atoms with Crippen LogP contribution in [-0.4, -0.2) is 13.5 Å². The molecule has 112 valence electrons. The summed E-state index contributed by atoms with van der Waals surface area (Å²) in [5.41, 5.74) is 0.332. The van der Waals surface area contributed by atoms with Gasteiger partial charge >= 0.3 is 0 Å². The lowest BCUT2D eigenvalue weighted by Gasteiger charge is -2.11. The minimum absolute atomic E-state index is 0.0676. The predicted octanol–water partition coefficient (Wildman–Crippen LogP) is 3.43. The molecule has 0 aromatic heterocycles. The van der Waals surface area contributed by atoms with Crippen molar-refractivity contribution in [3.63, 3.8) is 0 Å². The molecule has 0 aliphatic carbocycles. The molecule has 2 aromatic rings. The quantitative estimate of drug-likeness (QED) is 0.888. The minimum Gasteiger partial charge on any atom is -0.392 e. The molecule has 21 heavy (non-hydrogen) atoms. The van der Waals surface area contributed by atoms with Crippen LogP contribution in [0, 0.1) is 5.82 Å². The summed E-state index contributed by atoms with van der Waals surface area (Å²) < 4.78 is 39.7. The number of anilines is 1. The Morgan fingerprint density at radius 2 is 1.81 bits per heavy atom. The average Bonchev–Trinajstić information content (AvgIpc) is 2.42. The van der Waals surface area contributed by atoms with Gasteiger partial charge in [-0.25, -0.2) is 12.8 Å². The van der Waals surface area contributed by atoms with Crippen LogP contribution in [0.4, 0.5) is 10.1 Å². The van der Waals surface area contributed by atoms with Crippen LogP contribution in [0.25, 0.3) is 0 Å². The molecule has 0 saturated heterocycles. The highest BCUT2D eigenvalue weighted by molar-refractivity contribution is 7.92. The summed E-state index contributed by atoms with van der Waals surface area (Å²) >= 11 is 11.7. The van der Waals surface area contributed by atoms with Gasteiger partial charge in [0.05, 0.1) is 22.2 Å². The summed E-state index contributed by atoms with van der Waals surface area (Å²) in [7, 11) is -3.97. The van der Waals surface area contributed by atoms with Crippen molar-refractivity contribution in [2.24, 2.45) is 0 Å². The molecular weight excluding hydrogens is 340 g/mol. The van der Waals surface area contributed by atoms with E-state index in [1.54, 1.807) is 0 Å². The van der Waals surface area contributed by atoms with Crippen LogP contribution in [-0.2, 0) is 16.6 Å². The summed E-state index contributed by atoms with van der Waals surface area (Å²) in [4.78, 5) is -0.120. The topological polar surface area (TPSA) is 66.4 Å². The smallest absolute Gasteiger partial charge is 0.261 e. The molecule has 0 radical (unpaired) electrons. The number of sulfonamides is 1. The first kappa shape index (κ1) is 16.0. The number of hydrogen-bond donors (Lipinski definition) is 2. The van der Waals surface area contributed by atoms with E-state index in [-0.39, 0.29) is 27.2 Å². The third kappa shape index (κ3) is 3.65. The number of halogens is 3. The molecule has 0 amide bonds. The Labute approximate surface area is 131 Å². The first-order valence-corrected chi connectivity index (χ1v) is 7.94. The summed E-state index contributed by atoms with van der Waals surface area (Å²) in [6, 6.07) is 7.22. The van der Waals surface area contributed by atoms with E-state index < -0.39 is 15.8 Å². The minimum atomic E-state index is -3.97. The Bertz CT molecular complexity index is 781. The number of hydrogen-bond acceptors (Lipinski definition) is 3. The first-order chi connectivity index (χ1) is 9.83. The van der Waals surface area contributed by atoms with Gasteiger partial charge in [0.1, 0.15) is 5.82 Å². The summed E-state index contributed by atoms with van der Waals surface area (Å²) in [6.45, 7) is -0.303. The van der Waals surface area contributed by atoms with Crippen molar-refractivity contribution in [2.75, 3.05) is 4.72 Å². The maximum Gasteiger partial charge on any atom is 0.261 e.